The number of esters is 1. The first-order valence-corrected chi connectivity index (χ1v) is 11.6. The van der Waals surface area contributed by atoms with Crippen LogP contribution >= 0.6 is 11.3 Å². The summed E-state index contributed by atoms with van der Waals surface area (Å²) in [6, 6.07) is 9.11. The van der Waals surface area contributed by atoms with Gasteiger partial charge in [-0.25, -0.2) is 9.78 Å². The standard InChI is InChI=1S/C23H28N4O4S/c1-15-9-22(2,3)14-23(10-15)19(29)27(21(30)26-23)11-18(28)31-12-17-13-32-20(25-17)24-16-7-5-4-6-8-16/h4-8,13,15H,9-12,14H2,1-3H3,(H,24,25)(H,26,30). The Balaban J connectivity index is 1.33. The molecular formula is C23H28N4O4S. The molecule has 1 saturated heterocycles. The lowest BCUT2D eigenvalue weighted by atomic mass is 9.64. The summed E-state index contributed by atoms with van der Waals surface area (Å²) in [4.78, 5) is 43.4. The number of imide groups is 1. The van der Waals surface area contributed by atoms with Crippen molar-refractivity contribution in [1.29, 1.82) is 0 Å². The SMILES string of the molecule is CC1CC(C)(C)CC2(C1)NC(=O)N(CC(=O)OCc1csc(Nc3ccccc3)n1)C2=O. The van der Waals surface area contributed by atoms with E-state index >= 15 is 0 Å². The molecule has 0 radical (unpaired) electrons. The Morgan fingerprint density at radius 3 is 2.75 bits per heavy atom. The van der Waals surface area contributed by atoms with E-state index in [2.05, 4.69) is 36.4 Å². The maximum absolute atomic E-state index is 13.1. The number of urea groups is 1. The minimum absolute atomic E-state index is 0.0232. The van der Waals surface area contributed by atoms with Gasteiger partial charge in [0.25, 0.3) is 5.91 Å². The van der Waals surface area contributed by atoms with Crippen LogP contribution in [0.15, 0.2) is 35.7 Å². The number of hydrogen-bond acceptors (Lipinski definition) is 7. The van der Waals surface area contributed by atoms with E-state index in [4.69, 9.17) is 4.74 Å². The maximum atomic E-state index is 13.1. The first-order chi connectivity index (χ1) is 15.2. The van der Waals surface area contributed by atoms with Crippen LogP contribution in [0, 0.1) is 11.3 Å². The Bertz CT molecular complexity index is 1020. The van der Waals surface area contributed by atoms with E-state index in [1.807, 2.05) is 30.3 Å². The van der Waals surface area contributed by atoms with E-state index in [1.165, 1.54) is 11.3 Å². The summed E-state index contributed by atoms with van der Waals surface area (Å²) in [6.07, 6.45) is 2.15. The molecule has 1 aliphatic heterocycles. The normalized spacial score (nSPS) is 24.5. The number of anilines is 2. The van der Waals surface area contributed by atoms with Gasteiger partial charge in [-0.2, -0.15) is 0 Å². The van der Waals surface area contributed by atoms with Crippen molar-refractivity contribution < 1.29 is 19.1 Å². The van der Waals surface area contributed by atoms with Gasteiger partial charge in [-0.3, -0.25) is 14.5 Å². The first kappa shape index (κ1) is 22.3. The Labute approximate surface area is 191 Å². The molecule has 1 aliphatic carbocycles. The van der Waals surface area contributed by atoms with Crippen molar-refractivity contribution >= 4 is 40.1 Å². The second kappa shape index (κ2) is 8.54. The summed E-state index contributed by atoms with van der Waals surface area (Å²) in [6.45, 7) is 5.88. The highest BCUT2D eigenvalue weighted by molar-refractivity contribution is 7.13. The predicted molar refractivity (Wildman–Crippen MR) is 121 cm³/mol. The fourth-order valence-electron chi connectivity index (χ4n) is 5.05. The lowest BCUT2D eigenvalue weighted by Crippen LogP contribution is -2.54. The number of nitrogens with one attached hydrogen (secondary N) is 2. The molecule has 4 rings (SSSR count). The second-order valence-corrected chi connectivity index (χ2v) is 10.4. The summed E-state index contributed by atoms with van der Waals surface area (Å²) in [5, 5.41) is 8.54. The molecule has 8 nitrogen and oxygen atoms in total. The first-order valence-electron chi connectivity index (χ1n) is 10.7. The molecule has 0 bridgehead atoms. The lowest BCUT2D eigenvalue weighted by Gasteiger charge is -2.43. The minimum atomic E-state index is -0.925. The monoisotopic (exact) mass is 456 g/mol. The number of ether oxygens (including phenoxy) is 1. The third-order valence-corrected chi connectivity index (χ3v) is 6.68. The van der Waals surface area contributed by atoms with Crippen molar-refractivity contribution in [2.75, 3.05) is 11.9 Å². The number of aromatic nitrogens is 1. The zero-order valence-corrected chi connectivity index (χ0v) is 19.3. The molecule has 1 saturated carbocycles. The largest absolute Gasteiger partial charge is 0.458 e. The average molecular weight is 457 g/mol. The topological polar surface area (TPSA) is 101 Å². The van der Waals surface area contributed by atoms with E-state index < -0.39 is 24.1 Å². The molecule has 170 valence electrons. The molecule has 1 aromatic heterocycles. The van der Waals surface area contributed by atoms with E-state index in [-0.39, 0.29) is 17.9 Å². The fourth-order valence-corrected chi connectivity index (χ4v) is 5.77. The smallest absolute Gasteiger partial charge is 0.326 e. The highest BCUT2D eigenvalue weighted by atomic mass is 32.1. The number of nitrogens with zero attached hydrogens (tertiary/aromatic N) is 2. The van der Waals surface area contributed by atoms with Crippen molar-refractivity contribution in [2.24, 2.45) is 11.3 Å². The van der Waals surface area contributed by atoms with Gasteiger partial charge in [0, 0.05) is 11.1 Å². The number of benzene rings is 1. The molecule has 3 amide bonds. The van der Waals surface area contributed by atoms with E-state index in [0.29, 0.717) is 29.6 Å². The van der Waals surface area contributed by atoms with Gasteiger partial charge >= 0.3 is 12.0 Å². The van der Waals surface area contributed by atoms with E-state index in [1.54, 1.807) is 5.38 Å². The fraction of sp³-hybridized carbons (Fsp3) is 0.478. The molecule has 2 atom stereocenters. The molecular weight excluding hydrogens is 428 g/mol. The number of rotatable bonds is 6. The van der Waals surface area contributed by atoms with Gasteiger partial charge in [-0.15, -0.1) is 11.3 Å². The van der Waals surface area contributed by atoms with Crippen LogP contribution < -0.4 is 10.6 Å². The number of carbonyl (C=O) groups excluding carboxylic acids is 3. The number of carbonyl (C=O) groups is 3. The Morgan fingerprint density at radius 1 is 1.28 bits per heavy atom. The molecule has 1 spiro atoms. The molecule has 2 unspecified atom stereocenters. The number of para-hydroxylation sites is 1. The van der Waals surface area contributed by atoms with Crippen LogP contribution in [0.1, 0.15) is 45.7 Å². The third kappa shape index (κ3) is 4.77. The van der Waals surface area contributed by atoms with E-state index in [0.717, 1.165) is 17.0 Å². The third-order valence-electron chi connectivity index (χ3n) is 5.87. The Hall–Kier alpha value is -2.94. The number of thiazole rings is 1. The summed E-state index contributed by atoms with van der Waals surface area (Å²) in [5.41, 5.74) is 0.523. The molecule has 2 aromatic rings. The maximum Gasteiger partial charge on any atom is 0.326 e. The van der Waals surface area contributed by atoms with Crippen molar-refractivity contribution in [2.45, 2.75) is 52.2 Å². The van der Waals surface area contributed by atoms with Gasteiger partial charge in [-0.05, 0) is 42.7 Å². The summed E-state index contributed by atoms with van der Waals surface area (Å²) >= 11 is 1.40. The van der Waals surface area contributed by atoms with Crippen molar-refractivity contribution in [1.82, 2.24) is 15.2 Å². The number of amides is 3. The van der Waals surface area contributed by atoms with Crippen LogP contribution in [0.4, 0.5) is 15.6 Å². The summed E-state index contributed by atoms with van der Waals surface area (Å²) in [7, 11) is 0. The van der Waals surface area contributed by atoms with Gasteiger partial charge in [0.15, 0.2) is 5.13 Å². The van der Waals surface area contributed by atoms with Gasteiger partial charge in [-0.1, -0.05) is 39.0 Å². The Kier molecular flexibility index (Phi) is 5.94. The highest BCUT2D eigenvalue weighted by Crippen LogP contribution is 2.46. The van der Waals surface area contributed by atoms with Crippen molar-refractivity contribution in [3.05, 3.63) is 41.4 Å². The van der Waals surface area contributed by atoms with Gasteiger partial charge in [0.05, 0.1) is 5.69 Å². The van der Waals surface area contributed by atoms with Gasteiger partial charge in [0.1, 0.15) is 18.7 Å². The lowest BCUT2D eigenvalue weighted by molar-refractivity contribution is -0.149. The summed E-state index contributed by atoms with van der Waals surface area (Å²) < 4.78 is 5.29. The molecule has 1 aromatic carbocycles. The highest BCUT2D eigenvalue weighted by Gasteiger charge is 2.56. The molecule has 2 fully saturated rings. The average Bonchev–Trinajstić information content (AvgIpc) is 3.23. The van der Waals surface area contributed by atoms with Crippen LogP contribution in [-0.2, 0) is 20.9 Å². The van der Waals surface area contributed by atoms with Crippen molar-refractivity contribution in [3.63, 3.8) is 0 Å². The van der Waals surface area contributed by atoms with Crippen LogP contribution in [0.5, 0.6) is 0 Å². The van der Waals surface area contributed by atoms with Crippen LogP contribution in [0.25, 0.3) is 0 Å². The molecule has 2 N–H and O–H groups in total. The molecule has 2 heterocycles. The zero-order chi connectivity index (χ0) is 22.9. The van der Waals surface area contributed by atoms with Gasteiger partial charge in [0.2, 0.25) is 0 Å². The zero-order valence-electron chi connectivity index (χ0n) is 18.5. The van der Waals surface area contributed by atoms with Gasteiger partial charge < -0.3 is 15.4 Å². The van der Waals surface area contributed by atoms with Crippen LogP contribution in [0.2, 0.25) is 0 Å². The predicted octanol–water partition coefficient (Wildman–Crippen LogP) is 4.07. The van der Waals surface area contributed by atoms with Crippen LogP contribution in [0.3, 0.4) is 0 Å². The molecule has 2 aliphatic rings. The van der Waals surface area contributed by atoms with Crippen molar-refractivity contribution in [3.8, 4) is 0 Å². The number of hydrogen-bond donors (Lipinski definition) is 2. The minimum Gasteiger partial charge on any atom is -0.458 e. The quantitative estimate of drug-likeness (QED) is 0.502. The van der Waals surface area contributed by atoms with E-state index in [9.17, 15) is 14.4 Å². The molecule has 32 heavy (non-hydrogen) atoms. The van der Waals surface area contributed by atoms with Crippen LogP contribution in [-0.4, -0.2) is 39.9 Å². The second-order valence-electron chi connectivity index (χ2n) is 9.55. The summed E-state index contributed by atoms with van der Waals surface area (Å²) in [5.74, 6) is -0.667. The molecule has 9 heteroatoms. The Morgan fingerprint density at radius 2 is 2.03 bits per heavy atom.